The van der Waals surface area contributed by atoms with Gasteiger partial charge in [0.1, 0.15) is 0 Å². The number of hydrogen-bond acceptors (Lipinski definition) is 2. The number of hydrogen-bond donors (Lipinski definition) is 1. The van der Waals surface area contributed by atoms with Crippen LogP contribution in [-0.4, -0.2) is 29.4 Å². The highest BCUT2D eigenvalue weighted by Crippen LogP contribution is 2.29. The van der Waals surface area contributed by atoms with Gasteiger partial charge in [0, 0.05) is 18.7 Å². The standard InChI is InChI=1S/C17H20N2O/c1-12(2)17(18)10-19(11-17)16(20)15-9-5-7-13-6-3-4-8-14(13)15/h3-9,12H,10-11,18H2,1-2H3. The van der Waals surface area contributed by atoms with Crippen LogP contribution in [0.4, 0.5) is 0 Å². The van der Waals surface area contributed by atoms with Crippen molar-refractivity contribution in [2.45, 2.75) is 19.4 Å². The molecular weight excluding hydrogens is 248 g/mol. The molecular formula is C17H20N2O. The van der Waals surface area contributed by atoms with Crippen LogP contribution in [0.5, 0.6) is 0 Å². The van der Waals surface area contributed by atoms with Crippen molar-refractivity contribution in [3.8, 4) is 0 Å². The summed E-state index contributed by atoms with van der Waals surface area (Å²) < 4.78 is 0. The lowest BCUT2D eigenvalue weighted by atomic mass is 9.80. The maximum Gasteiger partial charge on any atom is 0.254 e. The molecule has 1 aliphatic rings. The number of likely N-dealkylation sites (tertiary alicyclic amines) is 1. The molecule has 0 atom stereocenters. The fourth-order valence-electron chi connectivity index (χ4n) is 2.76. The van der Waals surface area contributed by atoms with Crippen LogP contribution in [0.2, 0.25) is 0 Å². The van der Waals surface area contributed by atoms with Gasteiger partial charge >= 0.3 is 0 Å². The Labute approximate surface area is 119 Å². The Morgan fingerprint density at radius 3 is 2.50 bits per heavy atom. The van der Waals surface area contributed by atoms with Crippen LogP contribution < -0.4 is 5.73 Å². The zero-order valence-electron chi connectivity index (χ0n) is 12.0. The Morgan fingerprint density at radius 2 is 1.80 bits per heavy atom. The molecule has 1 saturated heterocycles. The Bertz CT molecular complexity index is 652. The highest BCUT2D eigenvalue weighted by atomic mass is 16.2. The smallest absolute Gasteiger partial charge is 0.254 e. The molecule has 0 spiro atoms. The Morgan fingerprint density at radius 1 is 1.15 bits per heavy atom. The molecule has 20 heavy (non-hydrogen) atoms. The van der Waals surface area contributed by atoms with Crippen molar-refractivity contribution in [3.63, 3.8) is 0 Å². The molecule has 0 unspecified atom stereocenters. The zero-order valence-corrected chi connectivity index (χ0v) is 12.0. The maximum absolute atomic E-state index is 12.6. The summed E-state index contributed by atoms with van der Waals surface area (Å²) in [5, 5.41) is 2.11. The number of carbonyl (C=O) groups is 1. The third-order valence-corrected chi connectivity index (χ3v) is 4.43. The highest BCUT2D eigenvalue weighted by Gasteiger charge is 2.44. The molecule has 3 rings (SSSR count). The summed E-state index contributed by atoms with van der Waals surface area (Å²) in [6.45, 7) is 5.51. The summed E-state index contributed by atoms with van der Waals surface area (Å²) in [5.41, 5.74) is 6.82. The third kappa shape index (κ3) is 1.98. The van der Waals surface area contributed by atoms with E-state index in [1.165, 1.54) is 0 Å². The number of benzene rings is 2. The predicted octanol–water partition coefficient (Wildman–Crippen LogP) is 2.65. The molecule has 0 saturated carbocycles. The molecule has 0 radical (unpaired) electrons. The molecule has 1 heterocycles. The summed E-state index contributed by atoms with van der Waals surface area (Å²) in [6, 6.07) is 13.9. The van der Waals surface area contributed by atoms with E-state index in [0.29, 0.717) is 19.0 Å². The van der Waals surface area contributed by atoms with Crippen molar-refractivity contribution in [1.29, 1.82) is 0 Å². The van der Waals surface area contributed by atoms with Crippen LogP contribution in [0.15, 0.2) is 42.5 Å². The predicted molar refractivity (Wildman–Crippen MR) is 81.6 cm³/mol. The lowest BCUT2D eigenvalue weighted by Crippen LogP contribution is -2.71. The van der Waals surface area contributed by atoms with E-state index < -0.39 is 0 Å². The molecule has 2 aromatic rings. The first-order valence-corrected chi connectivity index (χ1v) is 7.07. The minimum Gasteiger partial charge on any atom is -0.335 e. The molecule has 0 aliphatic carbocycles. The van der Waals surface area contributed by atoms with Crippen molar-refractivity contribution < 1.29 is 4.79 Å². The van der Waals surface area contributed by atoms with Crippen LogP contribution in [-0.2, 0) is 0 Å². The van der Waals surface area contributed by atoms with Crippen LogP contribution in [0, 0.1) is 5.92 Å². The molecule has 1 aliphatic heterocycles. The first-order chi connectivity index (χ1) is 9.51. The Balaban J connectivity index is 1.88. The van der Waals surface area contributed by atoms with E-state index in [4.69, 9.17) is 5.73 Å². The van der Waals surface area contributed by atoms with Gasteiger partial charge in [-0.05, 0) is 22.8 Å². The summed E-state index contributed by atoms with van der Waals surface area (Å²) >= 11 is 0. The van der Waals surface area contributed by atoms with Gasteiger partial charge in [-0.25, -0.2) is 0 Å². The van der Waals surface area contributed by atoms with E-state index >= 15 is 0 Å². The number of amides is 1. The first kappa shape index (κ1) is 13.1. The molecule has 1 amide bonds. The molecule has 2 N–H and O–H groups in total. The lowest BCUT2D eigenvalue weighted by Gasteiger charge is -2.50. The highest BCUT2D eigenvalue weighted by molar-refractivity contribution is 6.07. The third-order valence-electron chi connectivity index (χ3n) is 4.43. The lowest BCUT2D eigenvalue weighted by molar-refractivity contribution is 0.0277. The monoisotopic (exact) mass is 268 g/mol. The van der Waals surface area contributed by atoms with Gasteiger partial charge < -0.3 is 10.6 Å². The van der Waals surface area contributed by atoms with Gasteiger partial charge in [0.2, 0.25) is 0 Å². The van der Waals surface area contributed by atoms with Gasteiger partial charge in [-0.1, -0.05) is 50.2 Å². The fraction of sp³-hybridized carbons (Fsp3) is 0.353. The number of nitrogens with two attached hydrogens (primary N) is 1. The van der Waals surface area contributed by atoms with Crippen molar-refractivity contribution in [1.82, 2.24) is 4.90 Å². The summed E-state index contributed by atoms with van der Waals surface area (Å²) in [6.07, 6.45) is 0. The van der Waals surface area contributed by atoms with E-state index in [1.54, 1.807) is 0 Å². The molecule has 1 fully saturated rings. The van der Waals surface area contributed by atoms with E-state index in [9.17, 15) is 4.79 Å². The Kier molecular flexibility index (Phi) is 3.02. The number of rotatable bonds is 2. The first-order valence-electron chi connectivity index (χ1n) is 7.07. The van der Waals surface area contributed by atoms with E-state index in [2.05, 4.69) is 13.8 Å². The van der Waals surface area contributed by atoms with Crippen molar-refractivity contribution in [3.05, 3.63) is 48.0 Å². The summed E-state index contributed by atoms with van der Waals surface area (Å²) in [7, 11) is 0. The Hall–Kier alpha value is -1.87. The quantitative estimate of drug-likeness (QED) is 0.910. The van der Waals surface area contributed by atoms with Gasteiger partial charge in [0.15, 0.2) is 0 Å². The minimum absolute atomic E-state index is 0.0866. The minimum atomic E-state index is -0.222. The van der Waals surface area contributed by atoms with Gasteiger partial charge in [-0.3, -0.25) is 4.79 Å². The maximum atomic E-state index is 12.6. The van der Waals surface area contributed by atoms with Crippen molar-refractivity contribution in [2.75, 3.05) is 13.1 Å². The topological polar surface area (TPSA) is 46.3 Å². The van der Waals surface area contributed by atoms with Crippen LogP contribution in [0.1, 0.15) is 24.2 Å². The SMILES string of the molecule is CC(C)C1(N)CN(C(=O)c2cccc3ccccc23)C1. The fourth-order valence-corrected chi connectivity index (χ4v) is 2.76. The van der Waals surface area contributed by atoms with Gasteiger partial charge in [0.25, 0.3) is 5.91 Å². The molecule has 2 aromatic carbocycles. The molecule has 3 nitrogen and oxygen atoms in total. The molecule has 3 heteroatoms. The summed E-state index contributed by atoms with van der Waals surface area (Å²) in [4.78, 5) is 14.5. The largest absolute Gasteiger partial charge is 0.335 e. The number of nitrogens with zero attached hydrogens (tertiary/aromatic N) is 1. The number of carbonyl (C=O) groups excluding carboxylic acids is 1. The van der Waals surface area contributed by atoms with Crippen molar-refractivity contribution >= 4 is 16.7 Å². The van der Waals surface area contributed by atoms with E-state index in [1.807, 2.05) is 47.4 Å². The van der Waals surface area contributed by atoms with Gasteiger partial charge in [0.05, 0.1) is 5.54 Å². The zero-order chi connectivity index (χ0) is 14.3. The summed E-state index contributed by atoms with van der Waals surface area (Å²) in [5.74, 6) is 0.475. The average Bonchev–Trinajstić information content (AvgIpc) is 2.42. The molecule has 0 bridgehead atoms. The number of fused-ring (bicyclic) bond motifs is 1. The van der Waals surface area contributed by atoms with Crippen LogP contribution in [0.25, 0.3) is 10.8 Å². The van der Waals surface area contributed by atoms with E-state index in [-0.39, 0.29) is 11.4 Å². The molecule has 104 valence electrons. The van der Waals surface area contributed by atoms with Gasteiger partial charge in [-0.2, -0.15) is 0 Å². The van der Waals surface area contributed by atoms with E-state index in [0.717, 1.165) is 16.3 Å². The van der Waals surface area contributed by atoms with Crippen LogP contribution in [0.3, 0.4) is 0 Å². The second-order valence-electron chi connectivity index (χ2n) is 6.08. The van der Waals surface area contributed by atoms with Crippen molar-refractivity contribution in [2.24, 2.45) is 11.7 Å². The van der Waals surface area contributed by atoms with Crippen LogP contribution >= 0.6 is 0 Å². The normalized spacial score (nSPS) is 17.3. The second kappa shape index (κ2) is 4.60. The molecule has 0 aromatic heterocycles. The second-order valence-corrected chi connectivity index (χ2v) is 6.08. The average molecular weight is 268 g/mol. The van der Waals surface area contributed by atoms with Gasteiger partial charge in [-0.15, -0.1) is 0 Å².